The van der Waals surface area contributed by atoms with Gasteiger partial charge in [0.25, 0.3) is 0 Å². The number of benzene rings is 1. The van der Waals surface area contributed by atoms with E-state index in [-0.39, 0.29) is 0 Å². The monoisotopic (exact) mass is 207 g/mol. The molecular weight excluding hydrogens is 186 g/mol. The number of methoxy groups -OCH3 is 1. The summed E-state index contributed by atoms with van der Waals surface area (Å²) in [7, 11) is 1.69. The molecule has 0 radical (unpaired) electrons. The predicted molar refractivity (Wildman–Crippen MR) is 64.5 cm³/mol. The van der Waals surface area contributed by atoms with E-state index in [0.717, 1.165) is 12.3 Å². The molecule has 0 amide bonds. The van der Waals surface area contributed by atoms with Crippen molar-refractivity contribution in [3.05, 3.63) is 29.8 Å². The quantitative estimate of drug-likeness (QED) is 0.801. The molecule has 0 heterocycles. The summed E-state index contributed by atoms with van der Waals surface area (Å²) in [5, 5.41) is 3.44. The molecule has 0 spiro atoms. The molecule has 0 fully saturated rings. The fourth-order valence-corrected chi connectivity index (χ4v) is 1.46. The van der Waals surface area contributed by atoms with E-state index in [0.29, 0.717) is 12.0 Å². The van der Waals surface area contributed by atoms with Crippen molar-refractivity contribution in [2.45, 2.75) is 32.7 Å². The van der Waals surface area contributed by atoms with Gasteiger partial charge < -0.3 is 10.1 Å². The minimum atomic E-state index is 0.540. The van der Waals surface area contributed by atoms with E-state index in [1.807, 2.05) is 12.1 Å². The maximum atomic E-state index is 5.13. The van der Waals surface area contributed by atoms with Crippen LogP contribution in [0.3, 0.4) is 0 Å². The molecule has 1 rings (SSSR count). The molecule has 0 saturated carbocycles. The fraction of sp³-hybridized carbons (Fsp3) is 0.538. The van der Waals surface area contributed by atoms with Crippen molar-refractivity contribution in [1.29, 1.82) is 0 Å². The smallest absolute Gasteiger partial charge is 0.118 e. The van der Waals surface area contributed by atoms with Crippen molar-refractivity contribution in [1.82, 2.24) is 5.32 Å². The van der Waals surface area contributed by atoms with E-state index in [1.54, 1.807) is 7.11 Å². The topological polar surface area (TPSA) is 21.3 Å². The van der Waals surface area contributed by atoms with Crippen LogP contribution >= 0.6 is 0 Å². The summed E-state index contributed by atoms with van der Waals surface area (Å²) < 4.78 is 5.13. The fourth-order valence-electron chi connectivity index (χ4n) is 1.46. The molecule has 2 nitrogen and oxygen atoms in total. The van der Waals surface area contributed by atoms with Gasteiger partial charge in [0.05, 0.1) is 7.11 Å². The molecule has 1 aromatic carbocycles. The van der Waals surface area contributed by atoms with Crippen molar-refractivity contribution in [3.63, 3.8) is 0 Å². The van der Waals surface area contributed by atoms with Crippen LogP contribution < -0.4 is 10.1 Å². The lowest BCUT2D eigenvalue weighted by molar-refractivity contribution is 0.414. The van der Waals surface area contributed by atoms with E-state index < -0.39 is 0 Å². The van der Waals surface area contributed by atoms with Crippen molar-refractivity contribution in [2.75, 3.05) is 13.7 Å². The van der Waals surface area contributed by atoms with Gasteiger partial charge in [-0.05, 0) is 23.6 Å². The maximum Gasteiger partial charge on any atom is 0.118 e. The number of hydrogen-bond acceptors (Lipinski definition) is 2. The van der Waals surface area contributed by atoms with Crippen LogP contribution in [0.15, 0.2) is 24.3 Å². The summed E-state index contributed by atoms with van der Waals surface area (Å²) in [6.45, 7) is 7.59. The minimum Gasteiger partial charge on any atom is -0.497 e. The highest BCUT2D eigenvalue weighted by Crippen LogP contribution is 2.18. The summed E-state index contributed by atoms with van der Waals surface area (Å²) in [5.41, 5.74) is 1.35. The van der Waals surface area contributed by atoms with Crippen LogP contribution in [0.4, 0.5) is 0 Å². The van der Waals surface area contributed by atoms with Crippen LogP contribution in [0.1, 0.15) is 32.3 Å². The Balaban J connectivity index is 2.54. The first-order valence-electron chi connectivity index (χ1n) is 5.50. The Hall–Kier alpha value is -1.02. The van der Waals surface area contributed by atoms with Gasteiger partial charge in [-0.2, -0.15) is 0 Å². The molecule has 1 atom stereocenters. The number of nitrogens with one attached hydrogen (secondary N) is 1. The number of hydrogen-bond donors (Lipinski definition) is 1. The second-order valence-electron chi connectivity index (χ2n) is 4.24. The van der Waals surface area contributed by atoms with Gasteiger partial charge in [0.15, 0.2) is 0 Å². The zero-order chi connectivity index (χ0) is 11.3. The van der Waals surface area contributed by atoms with E-state index >= 15 is 0 Å². The lowest BCUT2D eigenvalue weighted by Gasteiger charge is -2.15. The van der Waals surface area contributed by atoms with Crippen molar-refractivity contribution in [3.8, 4) is 5.75 Å². The van der Waals surface area contributed by atoms with Crippen molar-refractivity contribution < 1.29 is 4.74 Å². The van der Waals surface area contributed by atoms with E-state index in [1.165, 1.54) is 5.56 Å². The summed E-state index contributed by atoms with van der Waals surface area (Å²) >= 11 is 0. The van der Waals surface area contributed by atoms with Crippen LogP contribution in [0.2, 0.25) is 0 Å². The number of rotatable bonds is 5. The largest absolute Gasteiger partial charge is 0.497 e. The highest BCUT2D eigenvalue weighted by molar-refractivity contribution is 5.29. The summed E-state index contributed by atoms with van der Waals surface area (Å²) in [6.07, 6.45) is 0. The second kappa shape index (κ2) is 5.76. The third-order valence-corrected chi connectivity index (χ3v) is 2.52. The van der Waals surface area contributed by atoms with Gasteiger partial charge in [0.1, 0.15) is 5.75 Å². The zero-order valence-corrected chi connectivity index (χ0v) is 10.1. The molecule has 0 aliphatic carbocycles. The first kappa shape index (κ1) is 12.1. The Morgan fingerprint density at radius 2 is 1.73 bits per heavy atom. The molecule has 1 N–H and O–H groups in total. The Morgan fingerprint density at radius 1 is 1.13 bits per heavy atom. The van der Waals surface area contributed by atoms with Crippen LogP contribution in [0, 0.1) is 0 Å². The first-order valence-corrected chi connectivity index (χ1v) is 5.50. The van der Waals surface area contributed by atoms with E-state index in [9.17, 15) is 0 Å². The van der Waals surface area contributed by atoms with Gasteiger partial charge in [-0.1, -0.05) is 32.9 Å². The molecular formula is C13H21NO. The molecule has 2 heteroatoms. The van der Waals surface area contributed by atoms with Gasteiger partial charge in [0, 0.05) is 12.6 Å². The highest BCUT2D eigenvalue weighted by Gasteiger charge is 2.05. The molecule has 1 aromatic rings. The van der Waals surface area contributed by atoms with Crippen LogP contribution in [0.5, 0.6) is 5.75 Å². The Labute approximate surface area is 92.6 Å². The molecule has 0 aromatic heterocycles. The molecule has 0 aliphatic rings. The normalized spacial score (nSPS) is 12.9. The standard InChI is InChI=1S/C13H21NO/c1-10(2)14-9-11(3)12-5-7-13(15-4)8-6-12/h5-8,10-11,14H,9H2,1-4H3. The highest BCUT2D eigenvalue weighted by atomic mass is 16.5. The Kier molecular flexibility index (Phi) is 4.63. The van der Waals surface area contributed by atoms with Gasteiger partial charge in [-0.25, -0.2) is 0 Å². The average Bonchev–Trinajstić information content (AvgIpc) is 2.26. The molecule has 1 unspecified atom stereocenters. The van der Waals surface area contributed by atoms with E-state index in [4.69, 9.17) is 4.74 Å². The van der Waals surface area contributed by atoms with E-state index in [2.05, 4.69) is 38.2 Å². The van der Waals surface area contributed by atoms with Gasteiger partial charge >= 0.3 is 0 Å². The van der Waals surface area contributed by atoms with Gasteiger partial charge in [-0.3, -0.25) is 0 Å². The van der Waals surface area contributed by atoms with Crippen molar-refractivity contribution >= 4 is 0 Å². The average molecular weight is 207 g/mol. The predicted octanol–water partition coefficient (Wildman–Crippen LogP) is 2.80. The maximum absolute atomic E-state index is 5.13. The third-order valence-electron chi connectivity index (χ3n) is 2.52. The molecule has 15 heavy (non-hydrogen) atoms. The minimum absolute atomic E-state index is 0.540. The lowest BCUT2D eigenvalue weighted by Crippen LogP contribution is -2.26. The zero-order valence-electron chi connectivity index (χ0n) is 10.1. The Bertz CT molecular complexity index is 279. The summed E-state index contributed by atoms with van der Waals surface area (Å²) in [6, 6.07) is 8.84. The SMILES string of the molecule is COc1ccc(C(C)CNC(C)C)cc1. The molecule has 0 aliphatic heterocycles. The van der Waals surface area contributed by atoms with Gasteiger partial charge in [-0.15, -0.1) is 0 Å². The summed E-state index contributed by atoms with van der Waals surface area (Å²) in [5.74, 6) is 1.46. The van der Waals surface area contributed by atoms with Crippen LogP contribution in [0.25, 0.3) is 0 Å². The first-order chi connectivity index (χ1) is 7.13. The van der Waals surface area contributed by atoms with Crippen molar-refractivity contribution in [2.24, 2.45) is 0 Å². The lowest BCUT2D eigenvalue weighted by atomic mass is 10.0. The third kappa shape index (κ3) is 3.92. The second-order valence-corrected chi connectivity index (χ2v) is 4.24. The van der Waals surface area contributed by atoms with Crippen LogP contribution in [-0.2, 0) is 0 Å². The molecule has 0 bridgehead atoms. The Morgan fingerprint density at radius 3 is 2.20 bits per heavy atom. The molecule has 0 saturated heterocycles. The van der Waals surface area contributed by atoms with Gasteiger partial charge in [0.2, 0.25) is 0 Å². The number of ether oxygens (including phenoxy) is 1. The van der Waals surface area contributed by atoms with Crippen LogP contribution in [-0.4, -0.2) is 19.7 Å². The summed E-state index contributed by atoms with van der Waals surface area (Å²) in [4.78, 5) is 0. The molecule has 84 valence electrons.